The smallest absolute Gasteiger partial charge is 0.270 e. The second-order valence-corrected chi connectivity index (χ2v) is 8.17. The van der Waals surface area contributed by atoms with Crippen molar-refractivity contribution < 1.29 is 4.92 Å². The first-order valence-corrected chi connectivity index (χ1v) is 10.8. The summed E-state index contributed by atoms with van der Waals surface area (Å²) in [4.78, 5) is 33.5. The molecule has 0 atom stereocenters. The first kappa shape index (κ1) is 19.6. The van der Waals surface area contributed by atoms with Crippen LogP contribution in [0.25, 0.3) is 21.3 Å². The van der Waals surface area contributed by atoms with Gasteiger partial charge in [0.1, 0.15) is 10.6 Å². The van der Waals surface area contributed by atoms with Gasteiger partial charge >= 0.3 is 0 Å². The summed E-state index contributed by atoms with van der Waals surface area (Å²) in [6.45, 7) is 2.91. The maximum atomic E-state index is 11.2. The fraction of sp³-hybridized carbons (Fsp3) is 0.200. The van der Waals surface area contributed by atoms with E-state index in [1.807, 2.05) is 11.4 Å². The molecule has 4 aromatic rings. The predicted molar refractivity (Wildman–Crippen MR) is 121 cm³/mol. The van der Waals surface area contributed by atoms with Crippen LogP contribution in [-0.4, -0.2) is 51.0 Å². The standard InChI is InChI=1S/C20H16ClN7O2S/c21-19-24-17(26-7-9-27(10-8-26)20-22-5-2-6-23-20)16-15(12-31-18(16)25-19)13-3-1-4-14(11-13)28(29)30/h1-6,11-12H,7-10H2. The Hall–Kier alpha value is -3.37. The van der Waals surface area contributed by atoms with Gasteiger partial charge in [-0.25, -0.2) is 15.0 Å². The number of nitrogens with zero attached hydrogens (tertiary/aromatic N) is 7. The minimum atomic E-state index is -0.392. The molecular formula is C20H16ClN7O2S. The molecule has 0 unspecified atom stereocenters. The van der Waals surface area contributed by atoms with Gasteiger partial charge in [0.2, 0.25) is 11.2 Å². The summed E-state index contributed by atoms with van der Waals surface area (Å²) in [5, 5.41) is 14.2. The number of hydrogen-bond donors (Lipinski definition) is 0. The van der Waals surface area contributed by atoms with E-state index in [0.29, 0.717) is 19.0 Å². The molecule has 0 N–H and O–H groups in total. The van der Waals surface area contributed by atoms with Gasteiger partial charge in [0.05, 0.1) is 10.3 Å². The van der Waals surface area contributed by atoms with Crippen LogP contribution in [0.15, 0.2) is 48.1 Å². The molecule has 0 spiro atoms. The van der Waals surface area contributed by atoms with Crippen LogP contribution < -0.4 is 9.80 Å². The molecule has 0 saturated carbocycles. The number of rotatable bonds is 4. The van der Waals surface area contributed by atoms with Crippen molar-refractivity contribution in [1.82, 2.24) is 19.9 Å². The molecule has 9 nitrogen and oxygen atoms in total. The van der Waals surface area contributed by atoms with Crippen LogP contribution in [0.3, 0.4) is 0 Å². The highest BCUT2D eigenvalue weighted by Crippen LogP contribution is 2.40. The molecule has 3 aromatic heterocycles. The number of non-ortho nitro benzene ring substituents is 1. The van der Waals surface area contributed by atoms with E-state index >= 15 is 0 Å². The molecule has 5 rings (SSSR count). The van der Waals surface area contributed by atoms with Crippen molar-refractivity contribution in [3.8, 4) is 11.1 Å². The Bertz CT molecular complexity index is 1260. The van der Waals surface area contributed by atoms with E-state index in [1.165, 1.54) is 17.4 Å². The normalized spacial score (nSPS) is 14.2. The molecule has 1 aromatic carbocycles. The first-order chi connectivity index (χ1) is 15.1. The summed E-state index contributed by atoms with van der Waals surface area (Å²) in [7, 11) is 0. The average Bonchev–Trinajstić information content (AvgIpc) is 3.23. The number of anilines is 2. The third-order valence-electron chi connectivity index (χ3n) is 5.17. The summed E-state index contributed by atoms with van der Waals surface area (Å²) < 4.78 is 0. The van der Waals surface area contributed by atoms with Gasteiger partial charge in [-0.2, -0.15) is 4.98 Å². The molecule has 1 aliphatic rings. The Morgan fingerprint density at radius 2 is 1.77 bits per heavy atom. The number of nitro benzene ring substituents is 1. The maximum Gasteiger partial charge on any atom is 0.270 e. The summed E-state index contributed by atoms with van der Waals surface area (Å²) >= 11 is 7.68. The second-order valence-electron chi connectivity index (χ2n) is 6.98. The summed E-state index contributed by atoms with van der Waals surface area (Å²) in [5.74, 6) is 1.45. The number of hydrogen-bond acceptors (Lipinski definition) is 9. The SMILES string of the molecule is O=[N+]([O-])c1cccc(-c2csc3nc(Cl)nc(N4CCN(c5ncccn5)CC4)c23)c1. The molecule has 0 radical (unpaired) electrons. The van der Waals surface area contributed by atoms with Crippen molar-refractivity contribution in [2.45, 2.75) is 0 Å². The molecule has 0 aliphatic carbocycles. The van der Waals surface area contributed by atoms with Gasteiger partial charge in [-0.05, 0) is 23.2 Å². The van der Waals surface area contributed by atoms with E-state index in [2.05, 4.69) is 29.7 Å². The zero-order valence-corrected chi connectivity index (χ0v) is 17.8. The van der Waals surface area contributed by atoms with Crippen LogP contribution in [0.1, 0.15) is 0 Å². The van der Waals surface area contributed by atoms with Gasteiger partial charge in [-0.15, -0.1) is 11.3 Å². The molecule has 1 saturated heterocycles. The Kier molecular flexibility index (Phi) is 5.08. The van der Waals surface area contributed by atoms with Crippen molar-refractivity contribution in [2.75, 3.05) is 36.0 Å². The fourth-order valence-corrected chi connectivity index (χ4v) is 4.86. The van der Waals surface area contributed by atoms with Crippen molar-refractivity contribution >= 4 is 50.6 Å². The Balaban J connectivity index is 1.52. The molecule has 0 bridgehead atoms. The number of benzene rings is 1. The second kappa shape index (κ2) is 8.05. The van der Waals surface area contributed by atoms with Crippen LogP contribution in [-0.2, 0) is 0 Å². The van der Waals surface area contributed by atoms with Gasteiger partial charge in [-0.1, -0.05) is 12.1 Å². The lowest BCUT2D eigenvalue weighted by atomic mass is 10.0. The number of aromatic nitrogens is 4. The highest BCUT2D eigenvalue weighted by molar-refractivity contribution is 7.17. The number of thiophene rings is 1. The topological polar surface area (TPSA) is 101 Å². The van der Waals surface area contributed by atoms with Gasteiger partial charge in [0, 0.05) is 61.6 Å². The van der Waals surface area contributed by atoms with Crippen molar-refractivity contribution in [2.24, 2.45) is 0 Å². The highest BCUT2D eigenvalue weighted by atomic mass is 35.5. The average molecular weight is 454 g/mol. The Labute approximate surface area is 186 Å². The minimum Gasteiger partial charge on any atom is -0.352 e. The quantitative estimate of drug-likeness (QED) is 0.259. The van der Waals surface area contributed by atoms with Crippen molar-refractivity contribution in [1.29, 1.82) is 0 Å². The largest absolute Gasteiger partial charge is 0.352 e. The van der Waals surface area contributed by atoms with Crippen LogP contribution in [0.2, 0.25) is 5.28 Å². The lowest BCUT2D eigenvalue weighted by Gasteiger charge is -2.35. The number of halogens is 1. The van der Waals surface area contributed by atoms with Gasteiger partial charge < -0.3 is 9.80 Å². The summed E-state index contributed by atoms with van der Waals surface area (Å²) in [6, 6.07) is 8.40. The Morgan fingerprint density at radius 3 is 2.52 bits per heavy atom. The summed E-state index contributed by atoms with van der Waals surface area (Å²) in [5.41, 5.74) is 1.66. The molecular weight excluding hydrogens is 438 g/mol. The van der Waals surface area contributed by atoms with Crippen LogP contribution >= 0.6 is 22.9 Å². The van der Waals surface area contributed by atoms with Crippen LogP contribution in [0, 0.1) is 10.1 Å². The number of nitro groups is 1. The van der Waals surface area contributed by atoms with Crippen molar-refractivity contribution in [3.63, 3.8) is 0 Å². The summed E-state index contributed by atoms with van der Waals surface area (Å²) in [6.07, 6.45) is 3.47. The third kappa shape index (κ3) is 3.75. The maximum absolute atomic E-state index is 11.2. The van der Waals surface area contributed by atoms with Crippen molar-refractivity contribution in [3.05, 3.63) is 63.5 Å². The Morgan fingerprint density at radius 1 is 1.03 bits per heavy atom. The highest BCUT2D eigenvalue weighted by Gasteiger charge is 2.24. The number of fused-ring (bicyclic) bond motifs is 1. The van der Waals surface area contributed by atoms with E-state index in [-0.39, 0.29) is 11.0 Å². The minimum absolute atomic E-state index is 0.0461. The van der Waals surface area contributed by atoms with E-state index in [1.54, 1.807) is 30.6 Å². The van der Waals surface area contributed by atoms with Gasteiger partial charge in [0.15, 0.2) is 0 Å². The van der Waals surface area contributed by atoms with Gasteiger partial charge in [0.25, 0.3) is 5.69 Å². The van der Waals surface area contributed by atoms with Gasteiger partial charge in [-0.3, -0.25) is 10.1 Å². The first-order valence-electron chi connectivity index (χ1n) is 9.56. The molecule has 11 heteroatoms. The lowest BCUT2D eigenvalue weighted by molar-refractivity contribution is -0.384. The van der Waals surface area contributed by atoms with E-state index in [0.717, 1.165) is 40.3 Å². The van der Waals surface area contributed by atoms with E-state index in [9.17, 15) is 10.1 Å². The molecule has 1 fully saturated rings. The lowest BCUT2D eigenvalue weighted by Crippen LogP contribution is -2.47. The van der Waals surface area contributed by atoms with Crippen LogP contribution in [0.5, 0.6) is 0 Å². The van der Waals surface area contributed by atoms with E-state index < -0.39 is 4.92 Å². The molecule has 1 aliphatic heterocycles. The number of piperazine rings is 1. The zero-order valence-electron chi connectivity index (χ0n) is 16.2. The monoisotopic (exact) mass is 453 g/mol. The fourth-order valence-electron chi connectivity index (χ4n) is 3.70. The zero-order chi connectivity index (χ0) is 21.4. The molecule has 156 valence electrons. The molecule has 31 heavy (non-hydrogen) atoms. The third-order valence-corrected chi connectivity index (χ3v) is 6.21. The molecule has 4 heterocycles. The van der Waals surface area contributed by atoms with Crippen LogP contribution in [0.4, 0.5) is 17.5 Å². The molecule has 0 amide bonds. The predicted octanol–water partition coefficient (Wildman–Crippen LogP) is 4.04. The van der Waals surface area contributed by atoms with E-state index in [4.69, 9.17) is 11.6 Å².